The number of rotatable bonds is 6. The van der Waals surface area contributed by atoms with Crippen LogP contribution in [0.2, 0.25) is 5.02 Å². The molecule has 2 atom stereocenters. The van der Waals surface area contributed by atoms with E-state index in [2.05, 4.69) is 15.5 Å². The fourth-order valence-corrected chi connectivity index (χ4v) is 5.13. The molecule has 2 aliphatic rings. The SMILES string of the molecule is COCc1nnc([C@H]2CCCN2C(=O)N[C@H]2CCOc3cc(C(F)(F)F)ccc32)n1Cc1ccc(Cl)cc1. The van der Waals surface area contributed by atoms with Gasteiger partial charge in [-0.05, 0) is 42.7 Å². The third-order valence-electron chi connectivity index (χ3n) is 6.87. The van der Waals surface area contributed by atoms with Gasteiger partial charge in [-0.1, -0.05) is 29.8 Å². The number of hydrogen-bond acceptors (Lipinski definition) is 5. The number of fused-ring (bicyclic) bond motifs is 1. The average Bonchev–Trinajstić information content (AvgIpc) is 3.52. The van der Waals surface area contributed by atoms with E-state index in [-0.39, 0.29) is 31.0 Å². The Morgan fingerprint density at radius 2 is 1.97 bits per heavy atom. The van der Waals surface area contributed by atoms with Crippen molar-refractivity contribution >= 4 is 17.6 Å². The summed E-state index contributed by atoms with van der Waals surface area (Å²) in [5, 5.41) is 12.4. The van der Waals surface area contributed by atoms with Gasteiger partial charge in [0.15, 0.2) is 11.6 Å². The van der Waals surface area contributed by atoms with Crippen molar-refractivity contribution in [1.29, 1.82) is 0 Å². The first-order valence-electron chi connectivity index (χ1n) is 12.3. The highest BCUT2D eigenvalue weighted by Crippen LogP contribution is 2.39. The highest BCUT2D eigenvalue weighted by Gasteiger charge is 2.37. The van der Waals surface area contributed by atoms with E-state index >= 15 is 0 Å². The molecule has 8 nitrogen and oxygen atoms in total. The number of amides is 2. The van der Waals surface area contributed by atoms with Crippen LogP contribution in [-0.4, -0.2) is 46.0 Å². The number of carbonyl (C=O) groups is 1. The van der Waals surface area contributed by atoms with E-state index in [1.54, 1.807) is 12.0 Å². The molecule has 0 spiro atoms. The van der Waals surface area contributed by atoms with Crippen LogP contribution < -0.4 is 10.1 Å². The summed E-state index contributed by atoms with van der Waals surface area (Å²) in [5.74, 6) is 1.44. The van der Waals surface area contributed by atoms with E-state index in [0.717, 1.165) is 24.1 Å². The molecule has 1 N–H and O–H groups in total. The summed E-state index contributed by atoms with van der Waals surface area (Å²) in [7, 11) is 1.58. The number of likely N-dealkylation sites (tertiary alicyclic amines) is 1. The normalized spacial score (nSPS) is 19.2. The molecule has 2 aromatic carbocycles. The predicted molar refractivity (Wildman–Crippen MR) is 133 cm³/mol. The lowest BCUT2D eigenvalue weighted by Gasteiger charge is -2.31. The first kappa shape index (κ1) is 26.3. The Bertz CT molecular complexity index is 1300. The molecule has 202 valence electrons. The van der Waals surface area contributed by atoms with Crippen LogP contribution in [0, 0.1) is 0 Å². The summed E-state index contributed by atoms with van der Waals surface area (Å²) in [6, 6.07) is 9.78. The summed E-state index contributed by atoms with van der Waals surface area (Å²) in [6.45, 7) is 1.47. The van der Waals surface area contributed by atoms with Crippen molar-refractivity contribution in [2.24, 2.45) is 0 Å². The van der Waals surface area contributed by atoms with Crippen LogP contribution >= 0.6 is 11.6 Å². The molecule has 38 heavy (non-hydrogen) atoms. The molecular formula is C26H27ClF3N5O3. The maximum absolute atomic E-state index is 13.5. The summed E-state index contributed by atoms with van der Waals surface area (Å²) in [4.78, 5) is 15.2. The minimum atomic E-state index is -4.47. The Hall–Kier alpha value is -3.31. The number of benzene rings is 2. The van der Waals surface area contributed by atoms with Gasteiger partial charge in [-0.3, -0.25) is 0 Å². The van der Waals surface area contributed by atoms with Gasteiger partial charge in [0.2, 0.25) is 0 Å². The lowest BCUT2D eigenvalue weighted by molar-refractivity contribution is -0.137. The van der Waals surface area contributed by atoms with Crippen molar-refractivity contribution in [2.75, 3.05) is 20.3 Å². The average molecular weight is 550 g/mol. The highest BCUT2D eigenvalue weighted by molar-refractivity contribution is 6.30. The van der Waals surface area contributed by atoms with Gasteiger partial charge in [-0.2, -0.15) is 13.2 Å². The van der Waals surface area contributed by atoms with Gasteiger partial charge in [-0.15, -0.1) is 10.2 Å². The van der Waals surface area contributed by atoms with E-state index in [0.29, 0.717) is 48.2 Å². The number of hydrogen-bond donors (Lipinski definition) is 1. The first-order valence-corrected chi connectivity index (χ1v) is 12.7. The molecule has 1 aromatic heterocycles. The smallest absolute Gasteiger partial charge is 0.416 e. The van der Waals surface area contributed by atoms with Crippen LogP contribution in [0.3, 0.4) is 0 Å². The van der Waals surface area contributed by atoms with Crippen LogP contribution in [0.4, 0.5) is 18.0 Å². The maximum Gasteiger partial charge on any atom is 0.416 e. The largest absolute Gasteiger partial charge is 0.493 e. The number of methoxy groups -OCH3 is 1. The van der Waals surface area contributed by atoms with E-state index in [9.17, 15) is 18.0 Å². The number of urea groups is 1. The Morgan fingerprint density at radius 3 is 2.71 bits per heavy atom. The number of nitrogens with zero attached hydrogens (tertiary/aromatic N) is 4. The minimum absolute atomic E-state index is 0.140. The molecule has 0 saturated carbocycles. The fourth-order valence-electron chi connectivity index (χ4n) is 5.00. The lowest BCUT2D eigenvalue weighted by Crippen LogP contribution is -2.43. The van der Waals surface area contributed by atoms with E-state index in [1.165, 1.54) is 6.07 Å². The van der Waals surface area contributed by atoms with Crippen LogP contribution in [0.5, 0.6) is 5.75 Å². The van der Waals surface area contributed by atoms with Crippen molar-refractivity contribution in [2.45, 2.75) is 50.7 Å². The van der Waals surface area contributed by atoms with Crippen LogP contribution in [0.15, 0.2) is 42.5 Å². The molecule has 3 heterocycles. The molecule has 1 saturated heterocycles. The van der Waals surface area contributed by atoms with Crippen molar-refractivity contribution < 1.29 is 27.4 Å². The molecule has 5 rings (SSSR count). The van der Waals surface area contributed by atoms with Crippen molar-refractivity contribution in [3.63, 3.8) is 0 Å². The standard InChI is InChI=1S/C26H27ClF3N5O3/c1-37-15-23-32-33-24(35(23)14-16-4-7-18(27)8-5-16)21-3-2-11-34(21)25(36)31-20-10-12-38-22-13-17(26(28,29)30)6-9-19(20)22/h4-9,13,20-21H,2-3,10-12,14-15H2,1H3,(H,31,36)/t20-,21+/m0/s1. The number of halogens is 4. The van der Waals surface area contributed by atoms with Gasteiger partial charge in [0.05, 0.1) is 30.8 Å². The molecule has 2 amide bonds. The molecule has 0 unspecified atom stereocenters. The van der Waals surface area contributed by atoms with Crippen molar-refractivity contribution in [3.05, 3.63) is 75.8 Å². The molecule has 12 heteroatoms. The summed E-state index contributed by atoms with van der Waals surface area (Å²) in [6.07, 6.45) is -2.53. The van der Waals surface area contributed by atoms with E-state index in [4.69, 9.17) is 21.1 Å². The van der Waals surface area contributed by atoms with Gasteiger partial charge in [0.25, 0.3) is 0 Å². The topological polar surface area (TPSA) is 81.5 Å². The number of aromatic nitrogens is 3. The number of nitrogens with one attached hydrogen (secondary N) is 1. The lowest BCUT2D eigenvalue weighted by atomic mass is 9.98. The minimum Gasteiger partial charge on any atom is -0.493 e. The molecule has 2 aliphatic heterocycles. The third-order valence-corrected chi connectivity index (χ3v) is 7.13. The first-order chi connectivity index (χ1) is 18.2. The van der Waals surface area contributed by atoms with Crippen LogP contribution in [0.25, 0.3) is 0 Å². The fraction of sp³-hybridized carbons (Fsp3) is 0.423. The molecule has 0 radical (unpaired) electrons. The summed E-state index contributed by atoms with van der Waals surface area (Å²) < 4.78 is 52.2. The zero-order valence-corrected chi connectivity index (χ0v) is 21.4. The van der Waals surface area contributed by atoms with Gasteiger partial charge >= 0.3 is 12.2 Å². The van der Waals surface area contributed by atoms with Crippen LogP contribution in [0.1, 0.15) is 59.7 Å². The summed E-state index contributed by atoms with van der Waals surface area (Å²) >= 11 is 6.04. The zero-order valence-electron chi connectivity index (χ0n) is 20.7. The van der Waals surface area contributed by atoms with Crippen LogP contribution in [-0.2, 0) is 24.1 Å². The molecular weight excluding hydrogens is 523 g/mol. The Kier molecular flexibility index (Phi) is 7.49. The molecule has 1 fully saturated rings. The van der Waals surface area contributed by atoms with Crippen molar-refractivity contribution in [1.82, 2.24) is 25.0 Å². The highest BCUT2D eigenvalue weighted by atomic mass is 35.5. The maximum atomic E-state index is 13.5. The van der Waals surface area contributed by atoms with Gasteiger partial charge in [0, 0.05) is 30.7 Å². The molecule has 0 bridgehead atoms. The second kappa shape index (κ2) is 10.8. The number of carbonyl (C=O) groups excluding carboxylic acids is 1. The van der Waals surface area contributed by atoms with Gasteiger partial charge in [0.1, 0.15) is 12.4 Å². The Balaban J connectivity index is 1.37. The quantitative estimate of drug-likeness (QED) is 0.438. The van der Waals surface area contributed by atoms with E-state index in [1.807, 2.05) is 28.8 Å². The van der Waals surface area contributed by atoms with E-state index < -0.39 is 17.8 Å². The summed E-state index contributed by atoms with van der Waals surface area (Å²) in [5.41, 5.74) is 0.746. The molecule has 3 aromatic rings. The monoisotopic (exact) mass is 549 g/mol. The second-order valence-corrected chi connectivity index (χ2v) is 9.80. The zero-order chi connectivity index (χ0) is 26.9. The predicted octanol–water partition coefficient (Wildman–Crippen LogP) is 5.52. The van der Waals surface area contributed by atoms with Gasteiger partial charge in [-0.25, -0.2) is 4.79 Å². The van der Waals surface area contributed by atoms with Crippen molar-refractivity contribution in [3.8, 4) is 5.75 Å². The molecule has 0 aliphatic carbocycles. The Morgan fingerprint density at radius 1 is 1.18 bits per heavy atom. The Labute approximate surface area is 222 Å². The number of alkyl halides is 3. The van der Waals surface area contributed by atoms with Gasteiger partial charge < -0.3 is 24.3 Å². The number of ether oxygens (including phenoxy) is 2. The second-order valence-electron chi connectivity index (χ2n) is 9.36. The third kappa shape index (κ3) is 5.44.